The number of piperazine rings is 1. The molecule has 2 rings (SSSR count). The molecule has 0 aromatic heterocycles. The largest absolute Gasteiger partial charge is 0.481 e. The summed E-state index contributed by atoms with van der Waals surface area (Å²) >= 11 is 0. The quantitative estimate of drug-likeness (QED) is 0.559. The van der Waals surface area contributed by atoms with E-state index in [2.05, 4.69) is 15.5 Å². The van der Waals surface area contributed by atoms with E-state index in [1.54, 1.807) is 0 Å². The van der Waals surface area contributed by atoms with Crippen molar-refractivity contribution < 1.29 is 14.7 Å². The molecule has 6 heteroatoms. The summed E-state index contributed by atoms with van der Waals surface area (Å²) in [5.74, 6) is -1.70. The highest BCUT2D eigenvalue weighted by atomic mass is 16.4. The lowest BCUT2D eigenvalue weighted by Crippen LogP contribution is -2.46. The van der Waals surface area contributed by atoms with Gasteiger partial charge in [-0.05, 0) is 6.42 Å². The summed E-state index contributed by atoms with van der Waals surface area (Å²) < 4.78 is 0. The number of aliphatic carboxylic acids is 1. The summed E-state index contributed by atoms with van der Waals surface area (Å²) in [5.41, 5.74) is 0. The molecule has 1 aliphatic heterocycles. The Kier molecular flexibility index (Phi) is 3.96. The monoisotopic (exact) mass is 241 g/mol. The van der Waals surface area contributed by atoms with Gasteiger partial charge in [-0.1, -0.05) is 0 Å². The number of hydrogen-bond donors (Lipinski definition) is 3. The predicted octanol–water partition coefficient (Wildman–Crippen LogP) is -1.27. The second kappa shape index (κ2) is 5.46. The van der Waals surface area contributed by atoms with Crippen LogP contribution in [0.2, 0.25) is 0 Å². The molecule has 1 heterocycles. The van der Waals surface area contributed by atoms with Gasteiger partial charge in [-0.15, -0.1) is 0 Å². The molecule has 1 aliphatic carbocycles. The van der Waals surface area contributed by atoms with Crippen molar-refractivity contribution in [3.05, 3.63) is 0 Å². The molecule has 2 atom stereocenters. The van der Waals surface area contributed by atoms with E-state index in [0.29, 0.717) is 13.0 Å². The van der Waals surface area contributed by atoms with Crippen molar-refractivity contribution in [1.29, 1.82) is 0 Å². The average Bonchev–Trinajstić information content (AvgIpc) is 3.10. The third-order valence-electron chi connectivity index (χ3n) is 3.38. The minimum Gasteiger partial charge on any atom is -0.481 e. The van der Waals surface area contributed by atoms with Crippen molar-refractivity contribution in [2.24, 2.45) is 11.8 Å². The van der Waals surface area contributed by atoms with E-state index in [1.807, 2.05) is 0 Å². The summed E-state index contributed by atoms with van der Waals surface area (Å²) in [6.45, 7) is 5.48. The standard InChI is InChI=1S/C11H19N3O3/c15-10(8-7-9(8)11(16)17)13-3-6-14-4-1-12-2-5-14/h8-9,12H,1-7H2,(H,13,15)(H,16,17). The fourth-order valence-electron chi connectivity index (χ4n) is 2.16. The second-order valence-electron chi connectivity index (χ2n) is 4.67. The van der Waals surface area contributed by atoms with E-state index >= 15 is 0 Å². The van der Waals surface area contributed by atoms with Gasteiger partial charge in [0.1, 0.15) is 0 Å². The SMILES string of the molecule is O=C(O)C1CC1C(=O)NCCN1CCNCC1. The highest BCUT2D eigenvalue weighted by Gasteiger charge is 2.48. The minimum absolute atomic E-state index is 0.104. The molecule has 0 radical (unpaired) electrons. The van der Waals surface area contributed by atoms with Gasteiger partial charge in [0.15, 0.2) is 0 Å². The zero-order valence-electron chi connectivity index (χ0n) is 9.82. The molecule has 2 aliphatic rings. The van der Waals surface area contributed by atoms with E-state index in [4.69, 9.17) is 5.11 Å². The highest BCUT2D eigenvalue weighted by Crippen LogP contribution is 2.38. The predicted molar refractivity (Wildman–Crippen MR) is 61.6 cm³/mol. The van der Waals surface area contributed by atoms with Gasteiger partial charge >= 0.3 is 5.97 Å². The van der Waals surface area contributed by atoms with Crippen LogP contribution in [0.4, 0.5) is 0 Å². The van der Waals surface area contributed by atoms with Gasteiger partial charge in [-0.2, -0.15) is 0 Å². The molecule has 2 fully saturated rings. The first-order chi connectivity index (χ1) is 8.18. The van der Waals surface area contributed by atoms with Crippen molar-refractivity contribution in [3.8, 4) is 0 Å². The molecule has 0 bridgehead atoms. The van der Waals surface area contributed by atoms with Crippen LogP contribution in [-0.4, -0.2) is 61.2 Å². The third-order valence-corrected chi connectivity index (χ3v) is 3.38. The summed E-state index contributed by atoms with van der Waals surface area (Å²) in [4.78, 5) is 24.4. The Balaban J connectivity index is 1.59. The first kappa shape index (κ1) is 12.3. The maximum atomic E-state index is 11.6. The first-order valence-corrected chi connectivity index (χ1v) is 6.12. The molecule has 0 aromatic rings. The van der Waals surface area contributed by atoms with Gasteiger partial charge in [-0.3, -0.25) is 14.5 Å². The Labute approximate surface area is 100 Å². The lowest BCUT2D eigenvalue weighted by Gasteiger charge is -2.27. The molecular formula is C11H19N3O3. The number of amides is 1. The van der Waals surface area contributed by atoms with Crippen LogP contribution < -0.4 is 10.6 Å². The normalized spacial score (nSPS) is 28.7. The zero-order valence-corrected chi connectivity index (χ0v) is 9.82. The van der Waals surface area contributed by atoms with E-state index in [1.165, 1.54) is 0 Å². The molecular weight excluding hydrogens is 222 g/mol. The molecule has 0 aromatic carbocycles. The van der Waals surface area contributed by atoms with Gasteiger partial charge in [0.05, 0.1) is 11.8 Å². The van der Waals surface area contributed by atoms with Gasteiger partial charge in [-0.25, -0.2) is 0 Å². The topological polar surface area (TPSA) is 81.7 Å². The van der Waals surface area contributed by atoms with Crippen molar-refractivity contribution in [3.63, 3.8) is 0 Å². The molecule has 2 unspecified atom stereocenters. The van der Waals surface area contributed by atoms with Gasteiger partial charge < -0.3 is 15.7 Å². The van der Waals surface area contributed by atoms with Crippen molar-refractivity contribution in [1.82, 2.24) is 15.5 Å². The van der Waals surface area contributed by atoms with Crippen molar-refractivity contribution in [2.45, 2.75) is 6.42 Å². The lowest BCUT2D eigenvalue weighted by atomic mass is 10.3. The second-order valence-corrected chi connectivity index (χ2v) is 4.67. The molecule has 96 valence electrons. The fraction of sp³-hybridized carbons (Fsp3) is 0.818. The first-order valence-electron chi connectivity index (χ1n) is 6.12. The van der Waals surface area contributed by atoms with Crippen molar-refractivity contribution >= 4 is 11.9 Å². The Bertz CT molecular complexity index is 302. The van der Waals surface area contributed by atoms with E-state index in [0.717, 1.165) is 32.7 Å². The number of rotatable bonds is 5. The highest BCUT2D eigenvalue weighted by molar-refractivity contribution is 5.89. The number of carboxylic acids is 1. The number of nitrogens with one attached hydrogen (secondary N) is 2. The van der Waals surface area contributed by atoms with Gasteiger partial charge in [0.25, 0.3) is 0 Å². The van der Waals surface area contributed by atoms with Crippen molar-refractivity contribution in [2.75, 3.05) is 39.3 Å². The smallest absolute Gasteiger partial charge is 0.307 e. The molecule has 0 spiro atoms. The molecule has 1 saturated heterocycles. The molecule has 1 saturated carbocycles. The molecule has 17 heavy (non-hydrogen) atoms. The molecule has 6 nitrogen and oxygen atoms in total. The lowest BCUT2D eigenvalue weighted by molar-refractivity contribution is -0.140. The van der Waals surface area contributed by atoms with E-state index < -0.39 is 11.9 Å². The zero-order chi connectivity index (χ0) is 12.3. The number of carboxylic acid groups (broad SMARTS) is 1. The Morgan fingerprint density at radius 1 is 1.29 bits per heavy atom. The van der Waals surface area contributed by atoms with Crippen LogP contribution in [0.3, 0.4) is 0 Å². The molecule has 3 N–H and O–H groups in total. The van der Waals surface area contributed by atoms with E-state index in [-0.39, 0.29) is 11.8 Å². The fourth-order valence-corrected chi connectivity index (χ4v) is 2.16. The Hall–Kier alpha value is -1.14. The van der Waals surface area contributed by atoms with Crippen LogP contribution in [0.1, 0.15) is 6.42 Å². The van der Waals surface area contributed by atoms with Crippen LogP contribution in [-0.2, 0) is 9.59 Å². The third kappa shape index (κ3) is 3.41. The van der Waals surface area contributed by atoms with E-state index in [9.17, 15) is 9.59 Å². The van der Waals surface area contributed by atoms with Crippen LogP contribution in [0.25, 0.3) is 0 Å². The summed E-state index contributed by atoms with van der Waals surface area (Å²) in [7, 11) is 0. The van der Waals surface area contributed by atoms with Crippen LogP contribution >= 0.6 is 0 Å². The summed E-state index contributed by atoms with van der Waals surface area (Å²) in [5, 5.41) is 14.8. The maximum absolute atomic E-state index is 11.6. The van der Waals surface area contributed by atoms with Crippen LogP contribution in [0.15, 0.2) is 0 Å². The summed E-state index contributed by atoms with van der Waals surface area (Å²) in [6.07, 6.45) is 0.495. The number of carbonyl (C=O) groups is 2. The number of carbonyl (C=O) groups excluding carboxylic acids is 1. The number of nitrogens with zero attached hydrogens (tertiary/aromatic N) is 1. The average molecular weight is 241 g/mol. The Morgan fingerprint density at radius 2 is 2.00 bits per heavy atom. The van der Waals surface area contributed by atoms with Crippen LogP contribution in [0, 0.1) is 11.8 Å². The maximum Gasteiger partial charge on any atom is 0.307 e. The summed E-state index contributed by atoms with van der Waals surface area (Å²) in [6, 6.07) is 0. The molecule has 1 amide bonds. The van der Waals surface area contributed by atoms with Crippen LogP contribution in [0.5, 0.6) is 0 Å². The number of hydrogen-bond acceptors (Lipinski definition) is 4. The van der Waals surface area contributed by atoms with Gasteiger partial charge in [0.2, 0.25) is 5.91 Å². The van der Waals surface area contributed by atoms with Gasteiger partial charge in [0, 0.05) is 39.3 Å². The minimum atomic E-state index is -0.854. The Morgan fingerprint density at radius 3 is 2.59 bits per heavy atom.